The number of nitrogens with one attached hydrogen (secondary N) is 3. The lowest BCUT2D eigenvalue weighted by atomic mass is 10.2. The number of aromatic amines is 1. The Kier molecular flexibility index (Phi) is 2.47. The molecule has 0 aliphatic carbocycles. The number of hydrogen-bond donors (Lipinski definition) is 4. The van der Waals surface area contributed by atoms with E-state index in [0.717, 1.165) is 11.8 Å². The number of fused-ring (bicyclic) bond motifs is 1. The minimum Gasteiger partial charge on any atom is -0.368 e. The number of nitrogen functional groups attached to an aromatic ring is 1. The fourth-order valence-corrected chi connectivity index (χ4v) is 2.04. The smallest absolute Gasteiger partial charge is 0.224 e. The highest BCUT2D eigenvalue weighted by atomic mass is 16.1. The summed E-state index contributed by atoms with van der Waals surface area (Å²) in [7, 11) is 0. The van der Waals surface area contributed by atoms with Crippen LogP contribution in [0.4, 0.5) is 11.8 Å². The zero-order valence-electron chi connectivity index (χ0n) is 9.60. The lowest BCUT2D eigenvalue weighted by molar-refractivity contribution is -0.119. The maximum Gasteiger partial charge on any atom is 0.224 e. The maximum atomic E-state index is 11.1. The minimum atomic E-state index is 0.0949. The first-order valence-corrected chi connectivity index (χ1v) is 5.72. The standard InChI is InChI=1S/C10H13N7O/c11-10-15-8(6-4-13-17-9(6)16-10)12-3-5-1-2-7(18)14-5/h4-5H,1-3H2,(H,14,18)(H4,11,12,13,15,16,17). The molecule has 2 aromatic heterocycles. The van der Waals surface area contributed by atoms with Crippen molar-refractivity contribution in [2.75, 3.05) is 17.6 Å². The van der Waals surface area contributed by atoms with Crippen LogP contribution in [0.25, 0.3) is 11.0 Å². The Labute approximate surface area is 102 Å². The van der Waals surface area contributed by atoms with E-state index in [0.29, 0.717) is 24.4 Å². The first kappa shape index (κ1) is 10.8. The molecule has 8 heteroatoms. The molecule has 0 bridgehead atoms. The van der Waals surface area contributed by atoms with Crippen LogP contribution < -0.4 is 16.4 Å². The number of aromatic nitrogens is 4. The number of amides is 1. The summed E-state index contributed by atoms with van der Waals surface area (Å²) < 4.78 is 0. The van der Waals surface area contributed by atoms with Crippen LogP contribution in [-0.4, -0.2) is 38.7 Å². The Morgan fingerprint density at radius 1 is 1.50 bits per heavy atom. The molecule has 0 radical (unpaired) electrons. The molecule has 5 N–H and O–H groups in total. The van der Waals surface area contributed by atoms with Crippen molar-refractivity contribution in [2.24, 2.45) is 0 Å². The van der Waals surface area contributed by atoms with E-state index in [4.69, 9.17) is 5.73 Å². The molecule has 8 nitrogen and oxygen atoms in total. The van der Waals surface area contributed by atoms with Gasteiger partial charge in [0, 0.05) is 19.0 Å². The monoisotopic (exact) mass is 247 g/mol. The van der Waals surface area contributed by atoms with E-state index in [-0.39, 0.29) is 17.9 Å². The number of anilines is 2. The topological polar surface area (TPSA) is 122 Å². The van der Waals surface area contributed by atoms with Gasteiger partial charge in [0.05, 0.1) is 11.6 Å². The average molecular weight is 247 g/mol. The Morgan fingerprint density at radius 2 is 2.39 bits per heavy atom. The van der Waals surface area contributed by atoms with Crippen LogP contribution in [-0.2, 0) is 4.79 Å². The molecule has 3 rings (SSSR count). The van der Waals surface area contributed by atoms with Crippen molar-refractivity contribution >= 4 is 28.7 Å². The second-order valence-electron chi connectivity index (χ2n) is 4.25. The van der Waals surface area contributed by atoms with Gasteiger partial charge in [0.15, 0.2) is 5.65 Å². The molecule has 0 saturated carbocycles. The summed E-state index contributed by atoms with van der Waals surface area (Å²) in [5, 5.41) is 13.5. The molecule has 1 amide bonds. The summed E-state index contributed by atoms with van der Waals surface area (Å²) in [4.78, 5) is 19.3. The van der Waals surface area contributed by atoms with Gasteiger partial charge in [0.25, 0.3) is 0 Å². The summed E-state index contributed by atoms with van der Waals surface area (Å²) in [5.74, 6) is 0.912. The third-order valence-electron chi connectivity index (χ3n) is 2.93. The Bertz CT molecular complexity index is 593. The van der Waals surface area contributed by atoms with Crippen molar-refractivity contribution in [3.63, 3.8) is 0 Å². The highest BCUT2D eigenvalue weighted by Crippen LogP contribution is 2.19. The average Bonchev–Trinajstić information content (AvgIpc) is 2.94. The number of carbonyl (C=O) groups excluding carboxylic acids is 1. The zero-order valence-corrected chi connectivity index (χ0v) is 9.60. The molecule has 94 valence electrons. The predicted molar refractivity (Wildman–Crippen MR) is 65.8 cm³/mol. The van der Waals surface area contributed by atoms with Gasteiger partial charge < -0.3 is 16.4 Å². The lowest BCUT2D eigenvalue weighted by Gasteiger charge is -2.12. The Balaban J connectivity index is 1.77. The number of H-pyrrole nitrogens is 1. The molecular weight excluding hydrogens is 234 g/mol. The fraction of sp³-hybridized carbons (Fsp3) is 0.400. The van der Waals surface area contributed by atoms with Gasteiger partial charge >= 0.3 is 0 Å². The van der Waals surface area contributed by atoms with Gasteiger partial charge in [-0.25, -0.2) is 0 Å². The van der Waals surface area contributed by atoms with Crippen LogP contribution in [0.5, 0.6) is 0 Å². The highest BCUT2D eigenvalue weighted by molar-refractivity contribution is 5.86. The van der Waals surface area contributed by atoms with Crippen LogP contribution in [0.1, 0.15) is 12.8 Å². The number of carbonyl (C=O) groups is 1. The maximum absolute atomic E-state index is 11.1. The van der Waals surface area contributed by atoms with Crippen LogP contribution in [0.2, 0.25) is 0 Å². The molecule has 1 fully saturated rings. The zero-order chi connectivity index (χ0) is 12.5. The number of hydrogen-bond acceptors (Lipinski definition) is 6. The van der Waals surface area contributed by atoms with Gasteiger partial charge in [0.2, 0.25) is 11.9 Å². The van der Waals surface area contributed by atoms with Gasteiger partial charge in [-0.05, 0) is 6.42 Å². The Hall–Kier alpha value is -2.38. The molecule has 0 aromatic carbocycles. The van der Waals surface area contributed by atoms with Crippen LogP contribution in [0, 0.1) is 0 Å². The van der Waals surface area contributed by atoms with Crippen LogP contribution in [0.3, 0.4) is 0 Å². The third-order valence-corrected chi connectivity index (χ3v) is 2.93. The summed E-state index contributed by atoms with van der Waals surface area (Å²) >= 11 is 0. The van der Waals surface area contributed by atoms with E-state index in [1.165, 1.54) is 0 Å². The van der Waals surface area contributed by atoms with Crippen LogP contribution >= 0.6 is 0 Å². The van der Waals surface area contributed by atoms with Crippen molar-refractivity contribution in [3.05, 3.63) is 6.20 Å². The first-order valence-electron chi connectivity index (χ1n) is 5.72. The normalized spacial score (nSPS) is 19.1. The summed E-state index contributed by atoms with van der Waals surface area (Å²) in [5.41, 5.74) is 6.21. The number of nitrogens with zero attached hydrogens (tertiary/aromatic N) is 3. The first-order chi connectivity index (χ1) is 8.72. The van der Waals surface area contributed by atoms with Gasteiger partial charge in [-0.15, -0.1) is 0 Å². The van der Waals surface area contributed by atoms with Crippen molar-refractivity contribution in [1.29, 1.82) is 0 Å². The molecular formula is C10H13N7O. The molecule has 1 unspecified atom stereocenters. The second-order valence-corrected chi connectivity index (χ2v) is 4.25. The molecule has 0 spiro atoms. The second kappa shape index (κ2) is 4.13. The SMILES string of the molecule is Nc1nc(NCC2CCC(=O)N2)c2cn[nH]c2n1. The number of rotatable bonds is 3. The van der Waals surface area contributed by atoms with Crippen molar-refractivity contribution < 1.29 is 4.79 Å². The number of nitrogens with two attached hydrogens (primary N) is 1. The lowest BCUT2D eigenvalue weighted by Crippen LogP contribution is -2.32. The highest BCUT2D eigenvalue weighted by Gasteiger charge is 2.20. The molecule has 3 heterocycles. The van der Waals surface area contributed by atoms with Gasteiger partial charge in [-0.2, -0.15) is 15.1 Å². The van der Waals surface area contributed by atoms with Gasteiger partial charge in [0.1, 0.15) is 5.82 Å². The van der Waals surface area contributed by atoms with Crippen molar-refractivity contribution in [1.82, 2.24) is 25.5 Å². The summed E-state index contributed by atoms with van der Waals surface area (Å²) in [6, 6.07) is 0.135. The minimum absolute atomic E-state index is 0.0949. The van der Waals surface area contributed by atoms with Crippen molar-refractivity contribution in [2.45, 2.75) is 18.9 Å². The van der Waals surface area contributed by atoms with E-state index in [1.54, 1.807) is 6.20 Å². The van der Waals surface area contributed by atoms with Gasteiger partial charge in [-0.3, -0.25) is 9.89 Å². The van der Waals surface area contributed by atoms with Gasteiger partial charge in [-0.1, -0.05) is 0 Å². The fourth-order valence-electron chi connectivity index (χ4n) is 2.04. The molecule has 1 saturated heterocycles. The van der Waals surface area contributed by atoms with E-state index in [9.17, 15) is 4.79 Å². The molecule has 2 aromatic rings. The quantitative estimate of drug-likeness (QED) is 0.587. The van der Waals surface area contributed by atoms with E-state index >= 15 is 0 Å². The Morgan fingerprint density at radius 3 is 3.17 bits per heavy atom. The molecule has 1 atom stereocenters. The van der Waals surface area contributed by atoms with Crippen LogP contribution in [0.15, 0.2) is 6.20 Å². The van der Waals surface area contributed by atoms with E-state index < -0.39 is 0 Å². The van der Waals surface area contributed by atoms with E-state index in [1.807, 2.05) is 0 Å². The van der Waals surface area contributed by atoms with Crippen molar-refractivity contribution in [3.8, 4) is 0 Å². The van der Waals surface area contributed by atoms with E-state index in [2.05, 4.69) is 30.8 Å². The largest absolute Gasteiger partial charge is 0.368 e. The summed E-state index contributed by atoms with van der Waals surface area (Å²) in [6.45, 7) is 0.614. The predicted octanol–water partition coefficient (Wildman–Crippen LogP) is -0.374. The molecule has 1 aliphatic rings. The summed E-state index contributed by atoms with van der Waals surface area (Å²) in [6.07, 6.45) is 3.06. The molecule has 18 heavy (non-hydrogen) atoms. The molecule has 1 aliphatic heterocycles. The third kappa shape index (κ3) is 1.92.